The average Bonchev–Trinajstić information content (AvgIpc) is 3.42. The minimum Gasteiger partial charge on any atom is -0.481 e. The number of aromatic nitrogens is 1. The zero-order valence-corrected chi connectivity index (χ0v) is 37.6. The van der Waals surface area contributed by atoms with E-state index in [9.17, 15) is 24.6 Å². The summed E-state index contributed by atoms with van der Waals surface area (Å²) >= 11 is 6.18. The second-order valence-corrected chi connectivity index (χ2v) is 22.0. The van der Waals surface area contributed by atoms with Crippen LogP contribution in [0.5, 0.6) is 0 Å². The summed E-state index contributed by atoms with van der Waals surface area (Å²) in [4.78, 5) is 48.3. The molecule has 0 aromatic carbocycles. The van der Waals surface area contributed by atoms with Crippen LogP contribution >= 0.6 is 11.6 Å². The third-order valence-corrected chi connectivity index (χ3v) is 17.2. The van der Waals surface area contributed by atoms with E-state index in [1.165, 1.54) is 5.57 Å². The quantitative estimate of drug-likeness (QED) is 0.188. The number of aliphatic carboxylic acids is 1. The van der Waals surface area contributed by atoms with Gasteiger partial charge in [0.15, 0.2) is 5.78 Å². The fourth-order valence-electron chi connectivity index (χ4n) is 13.6. The molecule has 0 amide bonds. The Hall–Kier alpha value is -2.33. The van der Waals surface area contributed by atoms with Crippen molar-refractivity contribution in [2.24, 2.45) is 56.2 Å². The summed E-state index contributed by atoms with van der Waals surface area (Å²) in [5.41, 5.74) is 1.21. The molecule has 9 atom stereocenters. The van der Waals surface area contributed by atoms with Gasteiger partial charge in [0.25, 0.3) is 0 Å². The SMILES string of the molecule is CC(C)C1=C2C3CCC4C5(C)CCC(OC(=O)CC(C)(C)C(=O)O)C(C)(C)C5CCC4(C)C3(C)CCC2(C(O)CN(CCN(C)C)Cc2ccc(Cl)cn2)CC1=O. The van der Waals surface area contributed by atoms with Crippen molar-refractivity contribution >= 4 is 29.3 Å². The number of carbonyl (C=O) groups excluding carboxylic acids is 2. The van der Waals surface area contributed by atoms with Crippen LogP contribution in [-0.2, 0) is 25.7 Å². The molecule has 0 bridgehead atoms. The maximum atomic E-state index is 14.3. The minimum absolute atomic E-state index is 0.0299. The Morgan fingerprint density at radius 1 is 0.965 bits per heavy atom. The molecule has 6 rings (SSSR count). The van der Waals surface area contributed by atoms with Gasteiger partial charge < -0.3 is 19.8 Å². The van der Waals surface area contributed by atoms with Crippen LogP contribution in [0.1, 0.15) is 132 Å². The maximum Gasteiger partial charge on any atom is 0.309 e. The number of carboxylic acid groups (broad SMARTS) is 1. The van der Waals surface area contributed by atoms with E-state index in [0.29, 0.717) is 36.4 Å². The van der Waals surface area contributed by atoms with Gasteiger partial charge in [-0.2, -0.15) is 0 Å². The van der Waals surface area contributed by atoms with Crippen molar-refractivity contribution in [3.8, 4) is 0 Å². The standard InChI is InChI=1S/C47H72ClN3O6/c1-29(2)39-33(52)24-47(36(53)28-51(23-22-50(10)11)27-31-13-12-30(48)26-49-31)21-20-45(8)32(40(39)47)14-15-35-44(7)18-17-37(57-38(54)25-42(3,4)41(55)56)43(5,6)34(44)16-19-46(35,45)9/h12-13,26,29,32,34-37,53H,14-25,27-28H2,1-11H3,(H,55,56). The van der Waals surface area contributed by atoms with Crippen molar-refractivity contribution < 1.29 is 29.3 Å². The van der Waals surface area contributed by atoms with Crippen molar-refractivity contribution in [1.82, 2.24) is 14.8 Å². The third kappa shape index (κ3) is 7.56. The number of likely N-dealkylation sites (N-methyl/N-ethyl adjacent to an activating group) is 1. The highest BCUT2D eigenvalue weighted by molar-refractivity contribution is 6.30. The molecule has 10 heteroatoms. The molecule has 0 saturated heterocycles. The van der Waals surface area contributed by atoms with E-state index in [-0.39, 0.29) is 51.8 Å². The predicted molar refractivity (Wildman–Crippen MR) is 224 cm³/mol. The molecule has 5 aliphatic carbocycles. The molecule has 9 unspecified atom stereocenters. The summed E-state index contributed by atoms with van der Waals surface area (Å²) in [6, 6.07) is 3.83. The summed E-state index contributed by atoms with van der Waals surface area (Å²) in [5.74, 6) is -0.0495. The second kappa shape index (κ2) is 15.6. The first-order chi connectivity index (χ1) is 26.4. The van der Waals surface area contributed by atoms with Crippen LogP contribution < -0.4 is 0 Å². The first kappa shape index (κ1) is 44.2. The van der Waals surface area contributed by atoms with Crippen LogP contribution in [0.25, 0.3) is 0 Å². The largest absolute Gasteiger partial charge is 0.481 e. The van der Waals surface area contributed by atoms with Crippen molar-refractivity contribution in [1.29, 1.82) is 0 Å². The number of carboxylic acids is 1. The Morgan fingerprint density at radius 2 is 1.67 bits per heavy atom. The molecular formula is C47H72ClN3O6. The number of esters is 1. The van der Waals surface area contributed by atoms with Gasteiger partial charge >= 0.3 is 11.9 Å². The number of allylic oxidation sites excluding steroid dienone is 1. The molecule has 0 aliphatic heterocycles. The first-order valence-electron chi connectivity index (χ1n) is 21.8. The molecule has 5 aliphatic rings. The summed E-state index contributed by atoms with van der Waals surface area (Å²) in [6.45, 7) is 22.3. The van der Waals surface area contributed by atoms with E-state index in [2.05, 4.69) is 77.3 Å². The van der Waals surface area contributed by atoms with Crippen molar-refractivity contribution in [2.45, 2.75) is 145 Å². The molecule has 1 aromatic heterocycles. The van der Waals surface area contributed by atoms with Gasteiger partial charge in [0, 0.05) is 49.6 Å². The summed E-state index contributed by atoms with van der Waals surface area (Å²) in [6.07, 6.45) is 8.70. The molecule has 1 aromatic rings. The van der Waals surface area contributed by atoms with Crippen LogP contribution in [0.4, 0.5) is 0 Å². The Labute approximate surface area is 347 Å². The Kier molecular flexibility index (Phi) is 12.1. The molecule has 0 spiro atoms. The van der Waals surface area contributed by atoms with Gasteiger partial charge in [-0.3, -0.25) is 24.3 Å². The number of rotatable bonds is 13. The van der Waals surface area contributed by atoms with E-state index in [1.54, 1.807) is 20.0 Å². The van der Waals surface area contributed by atoms with Crippen LogP contribution in [0.3, 0.4) is 0 Å². The van der Waals surface area contributed by atoms with Crippen LogP contribution in [0, 0.1) is 56.2 Å². The third-order valence-electron chi connectivity index (χ3n) is 17.0. The number of aliphatic hydroxyl groups is 1. The topological polar surface area (TPSA) is 120 Å². The summed E-state index contributed by atoms with van der Waals surface area (Å²) < 4.78 is 6.19. The van der Waals surface area contributed by atoms with Crippen molar-refractivity contribution in [3.63, 3.8) is 0 Å². The number of fused-ring (bicyclic) bond motifs is 7. The highest BCUT2D eigenvalue weighted by atomic mass is 35.5. The lowest BCUT2D eigenvalue weighted by atomic mass is 9.33. The van der Waals surface area contributed by atoms with Crippen molar-refractivity contribution in [2.75, 3.05) is 33.7 Å². The van der Waals surface area contributed by atoms with Gasteiger partial charge in [-0.1, -0.05) is 65.6 Å². The fraction of sp³-hybridized carbons (Fsp3) is 0.787. The zero-order valence-electron chi connectivity index (χ0n) is 36.8. The number of hydrogen-bond acceptors (Lipinski definition) is 8. The number of hydrogen-bond donors (Lipinski definition) is 2. The van der Waals surface area contributed by atoms with E-state index in [0.717, 1.165) is 75.7 Å². The number of pyridine rings is 1. The molecule has 318 valence electrons. The average molecular weight is 811 g/mol. The first-order valence-corrected chi connectivity index (χ1v) is 22.2. The van der Waals surface area contributed by atoms with Gasteiger partial charge in [-0.15, -0.1) is 0 Å². The lowest BCUT2D eigenvalue weighted by Crippen LogP contribution is -2.66. The number of aliphatic hydroxyl groups excluding tert-OH is 1. The normalized spacial score (nSPS) is 35.5. The Balaban J connectivity index is 1.29. The molecule has 57 heavy (non-hydrogen) atoms. The second-order valence-electron chi connectivity index (χ2n) is 21.6. The molecule has 4 fully saturated rings. The number of halogens is 1. The number of nitrogens with zero attached hydrogens (tertiary/aromatic N) is 3. The number of ether oxygens (including phenoxy) is 1. The van der Waals surface area contributed by atoms with Crippen LogP contribution in [0.15, 0.2) is 29.5 Å². The van der Waals surface area contributed by atoms with Gasteiger partial charge in [0.1, 0.15) is 6.10 Å². The molecular weight excluding hydrogens is 738 g/mol. The van der Waals surface area contributed by atoms with Crippen molar-refractivity contribution in [3.05, 3.63) is 40.2 Å². The highest BCUT2D eigenvalue weighted by Gasteiger charge is 2.71. The minimum atomic E-state index is -1.17. The van der Waals surface area contributed by atoms with Gasteiger partial charge in [-0.25, -0.2) is 0 Å². The Morgan fingerprint density at radius 3 is 2.28 bits per heavy atom. The van der Waals surface area contributed by atoms with Crippen LogP contribution in [-0.4, -0.2) is 88.7 Å². The van der Waals surface area contributed by atoms with Crippen LogP contribution in [0.2, 0.25) is 5.02 Å². The predicted octanol–water partition coefficient (Wildman–Crippen LogP) is 8.85. The number of ketones is 1. The summed E-state index contributed by atoms with van der Waals surface area (Å²) in [5, 5.41) is 22.9. The molecule has 4 saturated carbocycles. The van der Waals surface area contributed by atoms with E-state index in [4.69, 9.17) is 16.3 Å². The monoisotopic (exact) mass is 810 g/mol. The summed E-state index contributed by atoms with van der Waals surface area (Å²) in [7, 11) is 4.14. The van der Waals surface area contributed by atoms with Gasteiger partial charge in [-0.05, 0) is 137 Å². The lowest BCUT2D eigenvalue weighted by Gasteiger charge is -2.72. The zero-order chi connectivity index (χ0) is 42.1. The molecule has 1 heterocycles. The van der Waals surface area contributed by atoms with E-state index < -0.39 is 28.9 Å². The van der Waals surface area contributed by atoms with E-state index >= 15 is 0 Å². The number of Topliss-reactive ketones (excluding diaryl/α,β-unsaturated/α-hetero) is 1. The van der Waals surface area contributed by atoms with Gasteiger partial charge in [0.2, 0.25) is 0 Å². The van der Waals surface area contributed by atoms with Gasteiger partial charge in [0.05, 0.1) is 28.7 Å². The lowest BCUT2D eigenvalue weighted by molar-refractivity contribution is -0.235. The maximum absolute atomic E-state index is 14.3. The Bertz CT molecular complexity index is 1740. The smallest absolute Gasteiger partial charge is 0.309 e. The molecule has 2 N–H and O–H groups in total. The molecule has 0 radical (unpaired) electrons. The fourth-order valence-corrected chi connectivity index (χ4v) is 13.7. The molecule has 9 nitrogen and oxygen atoms in total. The number of carbonyl (C=O) groups is 3. The highest BCUT2D eigenvalue weighted by Crippen LogP contribution is 2.77. The van der Waals surface area contributed by atoms with E-state index in [1.807, 2.05) is 12.1 Å².